The summed E-state index contributed by atoms with van der Waals surface area (Å²) in [5.74, 6) is 1.41. The van der Waals surface area contributed by atoms with Crippen molar-refractivity contribution < 1.29 is 14.6 Å². The molecule has 2 heterocycles. The summed E-state index contributed by atoms with van der Waals surface area (Å²) in [6, 6.07) is 9.55. The number of hydrogen-bond donors (Lipinski definition) is 2. The highest BCUT2D eigenvalue weighted by atomic mass is 16.7. The summed E-state index contributed by atoms with van der Waals surface area (Å²) in [6.45, 7) is 2.74. The second-order valence-corrected chi connectivity index (χ2v) is 5.04. The van der Waals surface area contributed by atoms with Gasteiger partial charge in [0.05, 0.1) is 6.10 Å². The third-order valence-corrected chi connectivity index (χ3v) is 3.58. The van der Waals surface area contributed by atoms with Crippen LogP contribution in [0.25, 0.3) is 0 Å². The van der Waals surface area contributed by atoms with E-state index in [1.165, 1.54) is 0 Å². The van der Waals surface area contributed by atoms with Crippen molar-refractivity contribution in [2.45, 2.75) is 19.1 Å². The molecule has 2 aromatic rings. The number of aromatic nitrogens is 1. The van der Waals surface area contributed by atoms with E-state index in [-0.39, 0.29) is 12.8 Å². The molecule has 0 radical (unpaired) electrons. The van der Waals surface area contributed by atoms with E-state index < -0.39 is 6.10 Å². The topological polar surface area (TPSA) is 63.6 Å². The number of aliphatic hydroxyl groups is 1. The minimum Gasteiger partial charge on any atom is -0.454 e. The highest BCUT2D eigenvalue weighted by Crippen LogP contribution is 2.34. The van der Waals surface area contributed by atoms with Gasteiger partial charge in [-0.25, -0.2) is 0 Å². The quantitative estimate of drug-likeness (QED) is 0.882. The molecule has 0 amide bonds. The van der Waals surface area contributed by atoms with Gasteiger partial charge in [-0.15, -0.1) is 0 Å². The van der Waals surface area contributed by atoms with E-state index in [9.17, 15) is 5.11 Å². The van der Waals surface area contributed by atoms with Gasteiger partial charge in [-0.1, -0.05) is 12.1 Å². The zero-order valence-electron chi connectivity index (χ0n) is 11.8. The second kappa shape index (κ2) is 6.11. The fourth-order valence-corrected chi connectivity index (χ4v) is 2.28. The van der Waals surface area contributed by atoms with Gasteiger partial charge in [0, 0.05) is 25.0 Å². The number of nitrogens with zero attached hydrogens (tertiary/aromatic N) is 1. The zero-order chi connectivity index (χ0) is 14.7. The monoisotopic (exact) mass is 286 g/mol. The number of hydrogen-bond acceptors (Lipinski definition) is 5. The number of aliphatic hydroxyl groups excluding tert-OH is 1. The molecule has 5 heteroatoms. The summed E-state index contributed by atoms with van der Waals surface area (Å²) in [4.78, 5) is 4.10. The molecular weight excluding hydrogens is 268 g/mol. The van der Waals surface area contributed by atoms with Crippen LogP contribution in [0.3, 0.4) is 0 Å². The van der Waals surface area contributed by atoms with Crippen LogP contribution in [-0.2, 0) is 0 Å². The smallest absolute Gasteiger partial charge is 0.231 e. The van der Waals surface area contributed by atoms with Gasteiger partial charge in [0.25, 0.3) is 0 Å². The molecule has 0 aliphatic carbocycles. The predicted octanol–water partition coefficient (Wildman–Crippen LogP) is 2.19. The van der Waals surface area contributed by atoms with E-state index in [1.54, 1.807) is 6.20 Å². The van der Waals surface area contributed by atoms with Crippen LogP contribution in [0.15, 0.2) is 42.7 Å². The molecule has 2 N–H and O–H groups in total. The van der Waals surface area contributed by atoms with E-state index in [4.69, 9.17) is 9.47 Å². The second-order valence-electron chi connectivity index (χ2n) is 5.04. The van der Waals surface area contributed by atoms with Crippen molar-refractivity contribution in [2.24, 2.45) is 0 Å². The first-order chi connectivity index (χ1) is 10.2. The number of nitrogens with one attached hydrogen (secondary N) is 1. The Bertz CT molecular complexity index is 604. The minimum absolute atomic E-state index is 0.127. The fourth-order valence-electron chi connectivity index (χ4n) is 2.28. The normalized spacial score (nSPS) is 15.7. The Morgan fingerprint density at radius 1 is 1.24 bits per heavy atom. The van der Waals surface area contributed by atoms with Crippen LogP contribution in [0.4, 0.5) is 0 Å². The molecule has 2 unspecified atom stereocenters. The summed E-state index contributed by atoms with van der Waals surface area (Å²) >= 11 is 0. The largest absolute Gasteiger partial charge is 0.454 e. The number of ether oxygens (including phenoxy) is 2. The Morgan fingerprint density at radius 3 is 2.90 bits per heavy atom. The van der Waals surface area contributed by atoms with Crippen molar-refractivity contribution in [1.82, 2.24) is 10.3 Å². The molecule has 1 aliphatic rings. The molecule has 1 aliphatic heterocycles. The first kappa shape index (κ1) is 13.9. The maximum atomic E-state index is 10.3. The van der Waals surface area contributed by atoms with Gasteiger partial charge in [-0.3, -0.25) is 4.98 Å². The molecule has 0 spiro atoms. The Labute approximate surface area is 123 Å². The summed E-state index contributed by atoms with van der Waals surface area (Å²) in [7, 11) is 0. The van der Waals surface area contributed by atoms with Crippen LogP contribution in [-0.4, -0.2) is 23.4 Å². The third-order valence-electron chi connectivity index (χ3n) is 3.58. The van der Waals surface area contributed by atoms with Crippen LogP contribution in [0.5, 0.6) is 11.5 Å². The van der Waals surface area contributed by atoms with Gasteiger partial charge < -0.3 is 19.9 Å². The lowest BCUT2D eigenvalue weighted by molar-refractivity contribution is 0.168. The van der Waals surface area contributed by atoms with Crippen LogP contribution in [0.1, 0.15) is 30.2 Å². The molecule has 3 rings (SSSR count). The maximum Gasteiger partial charge on any atom is 0.231 e. The number of rotatable bonds is 5. The molecule has 0 saturated heterocycles. The van der Waals surface area contributed by atoms with Crippen LogP contribution >= 0.6 is 0 Å². The van der Waals surface area contributed by atoms with Crippen LogP contribution < -0.4 is 14.8 Å². The molecule has 0 fully saturated rings. The van der Waals surface area contributed by atoms with Crippen LogP contribution in [0, 0.1) is 0 Å². The summed E-state index contributed by atoms with van der Waals surface area (Å²) < 4.78 is 10.6. The SMILES string of the molecule is CC(NCC(O)c1ccc2c(c1)OCO2)c1cccnc1. The Morgan fingerprint density at radius 2 is 2.10 bits per heavy atom. The van der Waals surface area contributed by atoms with Crippen LogP contribution in [0.2, 0.25) is 0 Å². The number of pyridine rings is 1. The Balaban J connectivity index is 1.60. The van der Waals surface area contributed by atoms with Crippen molar-refractivity contribution in [1.29, 1.82) is 0 Å². The van der Waals surface area contributed by atoms with Crippen molar-refractivity contribution in [3.05, 3.63) is 53.9 Å². The molecule has 1 aromatic carbocycles. The van der Waals surface area contributed by atoms with E-state index in [1.807, 2.05) is 43.5 Å². The summed E-state index contributed by atoms with van der Waals surface area (Å²) in [5, 5.41) is 13.6. The molecule has 0 saturated carbocycles. The Kier molecular flexibility index (Phi) is 4.03. The van der Waals surface area contributed by atoms with Gasteiger partial charge in [0.2, 0.25) is 6.79 Å². The summed E-state index contributed by atoms with van der Waals surface area (Å²) in [5.41, 5.74) is 1.90. The molecule has 5 nitrogen and oxygen atoms in total. The molecule has 21 heavy (non-hydrogen) atoms. The average molecular weight is 286 g/mol. The number of benzene rings is 1. The van der Waals surface area contributed by atoms with E-state index in [0.717, 1.165) is 16.9 Å². The summed E-state index contributed by atoms with van der Waals surface area (Å²) in [6.07, 6.45) is 2.97. The van der Waals surface area contributed by atoms with Crippen molar-refractivity contribution >= 4 is 0 Å². The number of fused-ring (bicyclic) bond motifs is 1. The Hall–Kier alpha value is -2.11. The average Bonchev–Trinajstić information content (AvgIpc) is 3.00. The zero-order valence-corrected chi connectivity index (χ0v) is 11.8. The van der Waals surface area contributed by atoms with Crippen molar-refractivity contribution in [2.75, 3.05) is 13.3 Å². The molecule has 110 valence electrons. The molecule has 2 atom stereocenters. The van der Waals surface area contributed by atoms with Gasteiger partial charge in [0.15, 0.2) is 11.5 Å². The highest BCUT2D eigenvalue weighted by molar-refractivity contribution is 5.45. The fraction of sp³-hybridized carbons (Fsp3) is 0.312. The lowest BCUT2D eigenvalue weighted by Gasteiger charge is -2.17. The third kappa shape index (κ3) is 3.15. The first-order valence-electron chi connectivity index (χ1n) is 6.95. The van der Waals surface area contributed by atoms with E-state index >= 15 is 0 Å². The predicted molar refractivity (Wildman–Crippen MR) is 78.2 cm³/mol. The van der Waals surface area contributed by atoms with E-state index in [0.29, 0.717) is 12.3 Å². The van der Waals surface area contributed by atoms with Gasteiger partial charge in [-0.05, 0) is 36.2 Å². The molecular formula is C16H18N2O3. The van der Waals surface area contributed by atoms with Gasteiger partial charge in [-0.2, -0.15) is 0 Å². The van der Waals surface area contributed by atoms with Crippen molar-refractivity contribution in [3.8, 4) is 11.5 Å². The standard InChI is InChI=1S/C16H18N2O3/c1-11(13-3-2-6-17-8-13)18-9-14(19)12-4-5-15-16(7-12)21-10-20-15/h2-8,11,14,18-19H,9-10H2,1H3. The van der Waals surface area contributed by atoms with Gasteiger partial charge in [0.1, 0.15) is 0 Å². The molecule has 1 aromatic heterocycles. The van der Waals surface area contributed by atoms with Crippen molar-refractivity contribution in [3.63, 3.8) is 0 Å². The minimum atomic E-state index is -0.598. The maximum absolute atomic E-state index is 10.3. The van der Waals surface area contributed by atoms with E-state index in [2.05, 4.69) is 10.3 Å². The lowest BCUT2D eigenvalue weighted by Crippen LogP contribution is -2.24. The molecule has 0 bridgehead atoms. The first-order valence-corrected chi connectivity index (χ1v) is 6.95. The highest BCUT2D eigenvalue weighted by Gasteiger charge is 2.17. The van der Waals surface area contributed by atoms with Gasteiger partial charge >= 0.3 is 0 Å². The lowest BCUT2D eigenvalue weighted by atomic mass is 10.1.